The van der Waals surface area contributed by atoms with Crippen molar-refractivity contribution in [3.8, 4) is 0 Å². The SMILES string of the molecule is CN=C(NC)NCC1CCN(S(C)(=O)=O)C1. The maximum absolute atomic E-state index is 11.3. The van der Waals surface area contributed by atoms with Crippen molar-refractivity contribution in [1.29, 1.82) is 0 Å². The van der Waals surface area contributed by atoms with Crippen molar-refractivity contribution in [2.24, 2.45) is 10.9 Å². The fraction of sp³-hybridized carbons (Fsp3) is 0.889. The molecule has 0 saturated carbocycles. The Morgan fingerprint density at radius 1 is 1.56 bits per heavy atom. The van der Waals surface area contributed by atoms with E-state index in [1.165, 1.54) is 10.6 Å². The Bertz CT molecular complexity index is 353. The first-order chi connectivity index (χ1) is 7.47. The number of guanidine groups is 1. The number of sulfonamides is 1. The normalized spacial score (nSPS) is 23.4. The molecule has 1 unspecified atom stereocenters. The van der Waals surface area contributed by atoms with Crippen molar-refractivity contribution in [2.75, 3.05) is 40.0 Å². The Morgan fingerprint density at radius 2 is 2.25 bits per heavy atom. The Kier molecular flexibility index (Phi) is 4.55. The van der Waals surface area contributed by atoms with Gasteiger partial charge in [-0.05, 0) is 12.3 Å². The van der Waals surface area contributed by atoms with Crippen LogP contribution >= 0.6 is 0 Å². The summed E-state index contributed by atoms with van der Waals surface area (Å²) >= 11 is 0. The molecule has 1 fully saturated rings. The van der Waals surface area contributed by atoms with Gasteiger partial charge in [-0.15, -0.1) is 0 Å². The van der Waals surface area contributed by atoms with E-state index in [2.05, 4.69) is 15.6 Å². The fourth-order valence-electron chi connectivity index (χ4n) is 1.79. The zero-order valence-electron chi connectivity index (χ0n) is 10.0. The number of hydrogen-bond acceptors (Lipinski definition) is 3. The van der Waals surface area contributed by atoms with E-state index >= 15 is 0 Å². The minimum absolute atomic E-state index is 0.361. The number of nitrogens with zero attached hydrogens (tertiary/aromatic N) is 2. The second kappa shape index (κ2) is 5.49. The molecule has 0 amide bonds. The number of nitrogens with one attached hydrogen (secondary N) is 2. The quantitative estimate of drug-likeness (QED) is 0.499. The van der Waals surface area contributed by atoms with E-state index in [-0.39, 0.29) is 0 Å². The molecule has 1 heterocycles. The van der Waals surface area contributed by atoms with Crippen LogP contribution < -0.4 is 10.6 Å². The molecule has 0 spiro atoms. The van der Waals surface area contributed by atoms with E-state index in [4.69, 9.17) is 0 Å². The Labute approximate surface area is 97.2 Å². The molecule has 1 atom stereocenters. The first-order valence-corrected chi connectivity index (χ1v) is 7.15. The molecule has 0 aromatic heterocycles. The summed E-state index contributed by atoms with van der Waals surface area (Å²) in [6.07, 6.45) is 2.16. The molecule has 7 heteroatoms. The van der Waals surface area contributed by atoms with Crippen LogP contribution in [0.5, 0.6) is 0 Å². The average molecular weight is 248 g/mol. The van der Waals surface area contributed by atoms with Gasteiger partial charge >= 0.3 is 0 Å². The lowest BCUT2D eigenvalue weighted by Gasteiger charge is -2.15. The fourth-order valence-corrected chi connectivity index (χ4v) is 2.70. The molecule has 0 aromatic rings. The van der Waals surface area contributed by atoms with Gasteiger partial charge in [0.2, 0.25) is 10.0 Å². The van der Waals surface area contributed by atoms with E-state index in [9.17, 15) is 8.42 Å². The van der Waals surface area contributed by atoms with Crippen molar-refractivity contribution in [1.82, 2.24) is 14.9 Å². The third kappa shape index (κ3) is 3.64. The molecule has 16 heavy (non-hydrogen) atoms. The second-order valence-corrected chi connectivity index (χ2v) is 5.96. The molecule has 0 radical (unpaired) electrons. The van der Waals surface area contributed by atoms with Crippen LogP contribution in [-0.2, 0) is 10.0 Å². The summed E-state index contributed by atoms with van der Waals surface area (Å²) < 4.78 is 24.1. The summed E-state index contributed by atoms with van der Waals surface area (Å²) in [5.41, 5.74) is 0. The molecule has 2 N–H and O–H groups in total. The molecule has 1 rings (SSSR count). The summed E-state index contributed by atoms with van der Waals surface area (Å²) in [5.74, 6) is 1.10. The van der Waals surface area contributed by atoms with Crippen LogP contribution in [0.25, 0.3) is 0 Å². The lowest BCUT2D eigenvalue weighted by atomic mass is 10.1. The predicted octanol–water partition coefficient (Wildman–Crippen LogP) is -0.937. The first kappa shape index (κ1) is 13.2. The van der Waals surface area contributed by atoms with Crippen molar-refractivity contribution < 1.29 is 8.42 Å². The van der Waals surface area contributed by atoms with Gasteiger partial charge in [0, 0.05) is 33.7 Å². The molecule has 1 saturated heterocycles. The molecule has 0 aromatic carbocycles. The van der Waals surface area contributed by atoms with Crippen LogP contribution in [0.15, 0.2) is 4.99 Å². The maximum Gasteiger partial charge on any atom is 0.211 e. The molecule has 6 nitrogen and oxygen atoms in total. The topological polar surface area (TPSA) is 73.8 Å². The lowest BCUT2D eigenvalue weighted by Crippen LogP contribution is -2.38. The van der Waals surface area contributed by atoms with Crippen molar-refractivity contribution >= 4 is 16.0 Å². The highest BCUT2D eigenvalue weighted by Crippen LogP contribution is 2.17. The summed E-state index contributed by atoms with van der Waals surface area (Å²) in [6.45, 7) is 1.98. The minimum Gasteiger partial charge on any atom is -0.359 e. The molecule has 0 aliphatic carbocycles. The highest BCUT2D eigenvalue weighted by atomic mass is 32.2. The average Bonchev–Trinajstić information content (AvgIpc) is 2.67. The Hall–Kier alpha value is -0.820. The van der Waals surface area contributed by atoms with Crippen LogP contribution in [0, 0.1) is 5.92 Å². The highest BCUT2D eigenvalue weighted by Gasteiger charge is 2.28. The molecule has 0 bridgehead atoms. The van der Waals surface area contributed by atoms with Gasteiger partial charge in [0.05, 0.1) is 6.26 Å². The molecular weight excluding hydrogens is 228 g/mol. The monoisotopic (exact) mass is 248 g/mol. The molecule has 94 valence electrons. The number of hydrogen-bond donors (Lipinski definition) is 2. The third-order valence-electron chi connectivity index (χ3n) is 2.74. The van der Waals surface area contributed by atoms with Gasteiger partial charge in [-0.1, -0.05) is 0 Å². The summed E-state index contributed by atoms with van der Waals surface area (Å²) in [5, 5.41) is 6.07. The highest BCUT2D eigenvalue weighted by molar-refractivity contribution is 7.88. The van der Waals surface area contributed by atoms with Gasteiger partial charge in [0.25, 0.3) is 0 Å². The van der Waals surface area contributed by atoms with Crippen molar-refractivity contribution in [3.63, 3.8) is 0 Å². The summed E-state index contributed by atoms with van der Waals surface area (Å²) in [6, 6.07) is 0. The smallest absolute Gasteiger partial charge is 0.211 e. The van der Waals surface area contributed by atoms with E-state index < -0.39 is 10.0 Å². The van der Waals surface area contributed by atoms with Gasteiger partial charge in [-0.25, -0.2) is 12.7 Å². The van der Waals surface area contributed by atoms with Crippen LogP contribution in [0.4, 0.5) is 0 Å². The zero-order chi connectivity index (χ0) is 12.2. The van der Waals surface area contributed by atoms with Crippen molar-refractivity contribution in [3.05, 3.63) is 0 Å². The third-order valence-corrected chi connectivity index (χ3v) is 4.01. The first-order valence-electron chi connectivity index (χ1n) is 5.31. The van der Waals surface area contributed by atoms with Crippen molar-refractivity contribution in [2.45, 2.75) is 6.42 Å². The summed E-state index contributed by atoms with van der Waals surface area (Å²) in [4.78, 5) is 4.00. The molecule has 1 aliphatic heterocycles. The van der Waals surface area contributed by atoms with E-state index in [0.29, 0.717) is 19.0 Å². The zero-order valence-corrected chi connectivity index (χ0v) is 10.8. The Balaban J connectivity index is 2.38. The van der Waals surface area contributed by atoms with Gasteiger partial charge in [0.1, 0.15) is 0 Å². The van der Waals surface area contributed by atoms with Gasteiger partial charge in [-0.3, -0.25) is 4.99 Å². The number of rotatable bonds is 3. The maximum atomic E-state index is 11.3. The van der Waals surface area contributed by atoms with Crippen LogP contribution in [-0.4, -0.2) is 58.7 Å². The van der Waals surface area contributed by atoms with E-state index in [0.717, 1.165) is 18.9 Å². The van der Waals surface area contributed by atoms with Crippen LogP contribution in [0.1, 0.15) is 6.42 Å². The minimum atomic E-state index is -3.03. The van der Waals surface area contributed by atoms with E-state index in [1.54, 1.807) is 14.1 Å². The van der Waals surface area contributed by atoms with Gasteiger partial charge < -0.3 is 10.6 Å². The number of aliphatic imine (C=N–C) groups is 1. The van der Waals surface area contributed by atoms with Gasteiger partial charge in [0.15, 0.2) is 5.96 Å². The second-order valence-electron chi connectivity index (χ2n) is 3.98. The van der Waals surface area contributed by atoms with Crippen LogP contribution in [0.3, 0.4) is 0 Å². The summed E-state index contributed by atoms with van der Waals surface area (Å²) in [7, 11) is 0.478. The van der Waals surface area contributed by atoms with Crippen LogP contribution in [0.2, 0.25) is 0 Å². The Morgan fingerprint density at radius 3 is 2.69 bits per heavy atom. The lowest BCUT2D eigenvalue weighted by molar-refractivity contribution is 0.459. The van der Waals surface area contributed by atoms with E-state index in [1.807, 2.05) is 0 Å². The predicted molar refractivity (Wildman–Crippen MR) is 64.9 cm³/mol. The van der Waals surface area contributed by atoms with Gasteiger partial charge in [-0.2, -0.15) is 0 Å². The standard InChI is InChI=1S/C9H20N4O2S/c1-10-9(11-2)12-6-8-4-5-13(7-8)16(3,14)15/h8H,4-7H2,1-3H3,(H2,10,11,12). The molecular formula is C9H20N4O2S. The largest absolute Gasteiger partial charge is 0.359 e. The molecule has 1 aliphatic rings.